The molecule has 0 aromatic heterocycles. The maximum Gasteiger partial charge on any atom is 0.308 e. The fourth-order valence-electron chi connectivity index (χ4n) is 2.11. The van der Waals surface area contributed by atoms with Gasteiger partial charge >= 0.3 is 5.97 Å². The summed E-state index contributed by atoms with van der Waals surface area (Å²) >= 11 is 0. The molecule has 1 saturated heterocycles. The minimum atomic E-state index is -0.795. The largest absolute Gasteiger partial charge is 0.481 e. The van der Waals surface area contributed by atoms with Gasteiger partial charge in [-0.1, -0.05) is 34.6 Å². The molecule has 4 nitrogen and oxygen atoms in total. The SMILES string of the molecule is CC(C(=O)N1C[C@@H](C)[C@H](C(=O)O)C1)C(C)(C)C. The van der Waals surface area contributed by atoms with Crippen LogP contribution in [-0.2, 0) is 9.59 Å². The second-order valence-electron chi connectivity index (χ2n) is 6.25. The molecule has 0 bridgehead atoms. The van der Waals surface area contributed by atoms with E-state index in [4.69, 9.17) is 5.11 Å². The maximum absolute atomic E-state index is 12.2. The summed E-state index contributed by atoms with van der Waals surface area (Å²) in [6.07, 6.45) is 0. The first-order valence-electron chi connectivity index (χ1n) is 6.16. The van der Waals surface area contributed by atoms with E-state index in [9.17, 15) is 9.59 Å². The van der Waals surface area contributed by atoms with Crippen molar-refractivity contribution in [2.24, 2.45) is 23.2 Å². The van der Waals surface area contributed by atoms with E-state index in [0.717, 1.165) is 0 Å². The molecule has 0 aromatic carbocycles. The highest BCUT2D eigenvalue weighted by Crippen LogP contribution is 2.30. The number of nitrogens with zero attached hydrogens (tertiary/aromatic N) is 1. The van der Waals surface area contributed by atoms with Crippen molar-refractivity contribution in [2.45, 2.75) is 34.6 Å². The van der Waals surface area contributed by atoms with Crippen LogP contribution in [0.15, 0.2) is 0 Å². The summed E-state index contributed by atoms with van der Waals surface area (Å²) in [6.45, 7) is 10.8. The highest BCUT2D eigenvalue weighted by Gasteiger charge is 2.40. The van der Waals surface area contributed by atoms with Gasteiger partial charge in [-0.2, -0.15) is 0 Å². The molecule has 3 atom stereocenters. The Morgan fingerprint density at radius 1 is 1.29 bits per heavy atom. The predicted octanol–water partition coefficient (Wildman–Crippen LogP) is 1.85. The first-order valence-corrected chi connectivity index (χ1v) is 6.16. The van der Waals surface area contributed by atoms with Gasteiger partial charge in [-0.05, 0) is 11.3 Å². The van der Waals surface area contributed by atoms with Crippen molar-refractivity contribution in [1.82, 2.24) is 4.90 Å². The normalized spacial score (nSPS) is 27.0. The molecular formula is C13H23NO3. The Morgan fingerprint density at radius 2 is 1.82 bits per heavy atom. The number of likely N-dealkylation sites (tertiary alicyclic amines) is 1. The Labute approximate surface area is 103 Å². The van der Waals surface area contributed by atoms with Crippen LogP contribution in [0.25, 0.3) is 0 Å². The van der Waals surface area contributed by atoms with Crippen molar-refractivity contribution in [3.8, 4) is 0 Å². The molecule has 0 radical (unpaired) electrons. The van der Waals surface area contributed by atoms with Crippen LogP contribution in [0.2, 0.25) is 0 Å². The van der Waals surface area contributed by atoms with Gasteiger partial charge in [0, 0.05) is 19.0 Å². The number of carboxylic acids is 1. The van der Waals surface area contributed by atoms with E-state index in [2.05, 4.69) is 0 Å². The topological polar surface area (TPSA) is 57.6 Å². The van der Waals surface area contributed by atoms with Gasteiger partial charge < -0.3 is 10.0 Å². The minimum absolute atomic E-state index is 0.0450. The number of aliphatic carboxylic acids is 1. The van der Waals surface area contributed by atoms with E-state index < -0.39 is 11.9 Å². The fraction of sp³-hybridized carbons (Fsp3) is 0.846. The van der Waals surface area contributed by atoms with Gasteiger partial charge in [0.25, 0.3) is 0 Å². The van der Waals surface area contributed by atoms with Crippen LogP contribution in [0, 0.1) is 23.2 Å². The number of amides is 1. The van der Waals surface area contributed by atoms with Crippen LogP contribution < -0.4 is 0 Å². The van der Waals surface area contributed by atoms with Crippen LogP contribution in [0.4, 0.5) is 0 Å². The zero-order valence-corrected chi connectivity index (χ0v) is 11.4. The van der Waals surface area contributed by atoms with Gasteiger partial charge in [0.2, 0.25) is 5.91 Å². The third kappa shape index (κ3) is 2.99. The molecule has 1 rings (SSSR count). The molecule has 0 spiro atoms. The molecule has 0 aromatic rings. The smallest absolute Gasteiger partial charge is 0.308 e. The fourth-order valence-corrected chi connectivity index (χ4v) is 2.11. The minimum Gasteiger partial charge on any atom is -0.481 e. The van der Waals surface area contributed by atoms with Crippen LogP contribution in [0.1, 0.15) is 34.6 Å². The first kappa shape index (κ1) is 14.0. The standard InChI is InChI=1S/C13H23NO3/c1-8-6-14(7-10(8)12(16)17)11(15)9(2)13(3,4)5/h8-10H,6-7H2,1-5H3,(H,16,17)/t8-,9?,10-/m1/s1. The molecule has 0 aliphatic carbocycles. The van der Waals surface area contributed by atoms with Crippen LogP contribution in [-0.4, -0.2) is 35.0 Å². The first-order chi connectivity index (χ1) is 7.64. The van der Waals surface area contributed by atoms with Crippen molar-refractivity contribution in [3.05, 3.63) is 0 Å². The van der Waals surface area contributed by atoms with Gasteiger partial charge in [0.1, 0.15) is 0 Å². The van der Waals surface area contributed by atoms with E-state index in [1.807, 2.05) is 34.6 Å². The van der Waals surface area contributed by atoms with Gasteiger partial charge in [-0.15, -0.1) is 0 Å². The summed E-state index contributed by atoms with van der Waals surface area (Å²) in [6, 6.07) is 0. The third-order valence-electron chi connectivity index (χ3n) is 3.91. The number of carboxylic acid groups (broad SMARTS) is 1. The molecule has 1 fully saturated rings. The molecule has 0 saturated carbocycles. The lowest BCUT2D eigenvalue weighted by molar-refractivity contribution is -0.142. The van der Waals surface area contributed by atoms with Gasteiger partial charge in [-0.25, -0.2) is 0 Å². The maximum atomic E-state index is 12.2. The summed E-state index contributed by atoms with van der Waals surface area (Å²) in [5.41, 5.74) is -0.0817. The third-order valence-corrected chi connectivity index (χ3v) is 3.91. The number of hydrogen-bond acceptors (Lipinski definition) is 2. The second kappa shape index (κ2) is 4.67. The highest BCUT2D eigenvalue weighted by molar-refractivity contribution is 5.81. The van der Waals surface area contributed by atoms with Crippen molar-refractivity contribution >= 4 is 11.9 Å². The lowest BCUT2D eigenvalue weighted by Crippen LogP contribution is -2.39. The van der Waals surface area contributed by atoms with Crippen molar-refractivity contribution < 1.29 is 14.7 Å². The van der Waals surface area contributed by atoms with Gasteiger partial charge in [0.15, 0.2) is 0 Å². The lowest BCUT2D eigenvalue weighted by Gasteiger charge is -2.30. The molecule has 1 aliphatic rings. The number of hydrogen-bond donors (Lipinski definition) is 1. The number of carbonyl (C=O) groups is 2. The summed E-state index contributed by atoms with van der Waals surface area (Å²) < 4.78 is 0. The summed E-state index contributed by atoms with van der Waals surface area (Å²) in [7, 11) is 0. The number of carbonyl (C=O) groups excluding carboxylic acids is 1. The highest BCUT2D eigenvalue weighted by atomic mass is 16.4. The zero-order chi connectivity index (χ0) is 13.4. The van der Waals surface area contributed by atoms with Crippen LogP contribution in [0.5, 0.6) is 0 Å². The average Bonchev–Trinajstić information content (AvgIpc) is 2.56. The molecule has 1 unspecified atom stereocenters. The summed E-state index contributed by atoms with van der Waals surface area (Å²) in [4.78, 5) is 25.0. The molecular weight excluding hydrogens is 218 g/mol. The molecule has 98 valence electrons. The Kier molecular flexibility index (Phi) is 3.84. The molecule has 1 N–H and O–H groups in total. The summed E-state index contributed by atoms with van der Waals surface area (Å²) in [5.74, 6) is -1.17. The Morgan fingerprint density at radius 3 is 2.18 bits per heavy atom. The lowest BCUT2D eigenvalue weighted by atomic mass is 9.81. The Hall–Kier alpha value is -1.06. The molecule has 1 amide bonds. The predicted molar refractivity (Wildman–Crippen MR) is 65.5 cm³/mol. The van der Waals surface area contributed by atoms with Crippen LogP contribution >= 0.6 is 0 Å². The van der Waals surface area contributed by atoms with E-state index in [1.54, 1.807) is 4.90 Å². The van der Waals surface area contributed by atoms with E-state index >= 15 is 0 Å². The van der Waals surface area contributed by atoms with Crippen molar-refractivity contribution in [2.75, 3.05) is 13.1 Å². The van der Waals surface area contributed by atoms with Crippen LogP contribution in [0.3, 0.4) is 0 Å². The van der Waals surface area contributed by atoms with E-state index in [1.165, 1.54) is 0 Å². The molecule has 17 heavy (non-hydrogen) atoms. The summed E-state index contributed by atoms with van der Waals surface area (Å²) in [5, 5.41) is 9.04. The van der Waals surface area contributed by atoms with Gasteiger partial charge in [-0.3, -0.25) is 9.59 Å². The monoisotopic (exact) mass is 241 g/mol. The van der Waals surface area contributed by atoms with Gasteiger partial charge in [0.05, 0.1) is 5.92 Å². The van der Waals surface area contributed by atoms with E-state index in [0.29, 0.717) is 13.1 Å². The second-order valence-corrected chi connectivity index (χ2v) is 6.25. The molecule has 1 heterocycles. The average molecular weight is 241 g/mol. The Bertz CT molecular complexity index is 319. The molecule has 4 heteroatoms. The zero-order valence-electron chi connectivity index (χ0n) is 11.4. The number of rotatable bonds is 2. The van der Waals surface area contributed by atoms with Crippen molar-refractivity contribution in [3.63, 3.8) is 0 Å². The van der Waals surface area contributed by atoms with E-state index in [-0.39, 0.29) is 23.2 Å². The Balaban J connectivity index is 2.71. The molecule has 1 aliphatic heterocycles. The quantitative estimate of drug-likeness (QED) is 0.802. The van der Waals surface area contributed by atoms with Crippen molar-refractivity contribution in [1.29, 1.82) is 0 Å².